The van der Waals surface area contributed by atoms with Crippen LogP contribution in [0.3, 0.4) is 0 Å². The van der Waals surface area contributed by atoms with Gasteiger partial charge in [-0.3, -0.25) is 9.69 Å². The predicted octanol–water partition coefficient (Wildman–Crippen LogP) is 5.90. The molecule has 0 unspecified atom stereocenters. The van der Waals surface area contributed by atoms with E-state index in [0.717, 1.165) is 22.4 Å². The summed E-state index contributed by atoms with van der Waals surface area (Å²) in [4.78, 5) is 15.6. The molecule has 2 heterocycles. The third kappa shape index (κ3) is 3.69. The molecule has 0 saturated carbocycles. The maximum atomic E-state index is 13.9. The molecule has 0 aliphatic carbocycles. The predicted molar refractivity (Wildman–Crippen MR) is 136 cm³/mol. The summed E-state index contributed by atoms with van der Waals surface area (Å²) in [7, 11) is 0. The van der Waals surface area contributed by atoms with Crippen molar-refractivity contribution in [2.24, 2.45) is 5.92 Å². The van der Waals surface area contributed by atoms with Crippen molar-refractivity contribution in [2.45, 2.75) is 32.5 Å². The first kappa shape index (κ1) is 22.6. The largest absolute Gasteiger partial charge is 0.467 e. The molecular weight excluding hydrogens is 473 g/mol. The van der Waals surface area contributed by atoms with Gasteiger partial charge in [-0.25, -0.2) is 4.39 Å². The van der Waals surface area contributed by atoms with Crippen LogP contribution in [-0.4, -0.2) is 16.7 Å². The Morgan fingerprint density at radius 3 is 2.59 bits per heavy atom. The minimum atomic E-state index is -1.19. The zero-order valence-electron chi connectivity index (χ0n) is 18.9. The van der Waals surface area contributed by atoms with Crippen LogP contribution in [0.1, 0.15) is 29.7 Å². The SMILES string of the molecule is Cc1ccc(NC(=O)[C@@H]2[C@H]3NC(=S)N(c4ccc(F)cc4)[C@@]2(C)Oc2ccc(Cl)cc23)c(C)c1. The molecule has 1 amide bonds. The summed E-state index contributed by atoms with van der Waals surface area (Å²) >= 11 is 12.0. The van der Waals surface area contributed by atoms with Crippen LogP contribution >= 0.6 is 23.8 Å². The number of rotatable bonds is 3. The van der Waals surface area contributed by atoms with E-state index in [1.165, 1.54) is 12.1 Å². The van der Waals surface area contributed by atoms with Crippen molar-refractivity contribution in [1.29, 1.82) is 0 Å². The van der Waals surface area contributed by atoms with Crippen molar-refractivity contribution in [3.63, 3.8) is 0 Å². The molecule has 174 valence electrons. The molecule has 0 radical (unpaired) electrons. The van der Waals surface area contributed by atoms with Crippen LogP contribution in [0.15, 0.2) is 60.7 Å². The summed E-state index contributed by atoms with van der Waals surface area (Å²) in [6, 6.07) is 16.7. The number of carbonyl (C=O) groups is 1. The van der Waals surface area contributed by atoms with Gasteiger partial charge in [0.05, 0.1) is 6.04 Å². The molecule has 0 aromatic heterocycles. The molecule has 8 heteroatoms. The van der Waals surface area contributed by atoms with E-state index in [1.54, 1.807) is 35.2 Å². The number of nitrogens with one attached hydrogen (secondary N) is 2. The molecular formula is C26H23ClFN3O2S. The standard InChI is InChI=1S/C26H23ClFN3O2S/c1-14-4-10-20(15(2)12-14)29-24(32)22-23-19-13-16(27)5-11-21(19)33-26(22,3)31(25(34)30-23)18-8-6-17(28)7-9-18/h4-13,22-23H,1-3H3,(H,29,32)(H,30,34)/t22-,23-,26-/m0/s1. The lowest BCUT2D eigenvalue weighted by molar-refractivity contribution is -0.130. The number of hydrogen-bond acceptors (Lipinski definition) is 3. The first-order chi connectivity index (χ1) is 16.2. The fraction of sp³-hybridized carbons (Fsp3) is 0.231. The number of amides is 1. The summed E-state index contributed by atoms with van der Waals surface area (Å²) in [5.74, 6) is -0.700. The molecule has 1 fully saturated rings. The van der Waals surface area contributed by atoms with E-state index in [0.29, 0.717) is 21.6 Å². The molecule has 3 aromatic rings. The van der Waals surface area contributed by atoms with E-state index in [9.17, 15) is 9.18 Å². The normalized spacial score (nSPS) is 23.0. The lowest BCUT2D eigenvalue weighted by Crippen LogP contribution is -2.72. The van der Waals surface area contributed by atoms with Gasteiger partial charge in [-0.15, -0.1) is 0 Å². The Labute approximate surface area is 207 Å². The van der Waals surface area contributed by atoms with Gasteiger partial charge in [0.15, 0.2) is 10.8 Å². The van der Waals surface area contributed by atoms with Crippen molar-refractivity contribution in [2.75, 3.05) is 10.2 Å². The number of benzene rings is 3. The second kappa shape index (κ2) is 8.25. The molecule has 3 atom stereocenters. The fourth-order valence-corrected chi connectivity index (χ4v) is 5.49. The maximum Gasteiger partial charge on any atom is 0.236 e. The topological polar surface area (TPSA) is 53.6 Å². The lowest BCUT2D eigenvalue weighted by atomic mass is 9.78. The van der Waals surface area contributed by atoms with Gasteiger partial charge in [-0.05, 0) is 87.1 Å². The fourth-order valence-electron chi connectivity index (χ4n) is 4.90. The Kier molecular flexibility index (Phi) is 5.49. The Bertz CT molecular complexity index is 1320. The first-order valence-corrected chi connectivity index (χ1v) is 11.7. The van der Waals surface area contributed by atoms with E-state index in [-0.39, 0.29) is 11.7 Å². The summed E-state index contributed by atoms with van der Waals surface area (Å²) in [6.07, 6.45) is 0. The zero-order chi connectivity index (χ0) is 24.2. The second-order valence-electron chi connectivity index (χ2n) is 8.86. The van der Waals surface area contributed by atoms with Crippen LogP contribution in [0.2, 0.25) is 5.02 Å². The number of ether oxygens (including phenoxy) is 1. The summed E-state index contributed by atoms with van der Waals surface area (Å²) in [5.41, 5.74) is 2.98. The Hall–Kier alpha value is -3.16. The number of nitrogens with zero attached hydrogens (tertiary/aromatic N) is 1. The number of aryl methyl sites for hydroxylation is 2. The van der Waals surface area contributed by atoms with Gasteiger partial charge >= 0.3 is 0 Å². The van der Waals surface area contributed by atoms with Crippen LogP contribution in [0, 0.1) is 25.6 Å². The third-order valence-corrected chi connectivity index (χ3v) is 7.00. The van der Waals surface area contributed by atoms with Crippen molar-refractivity contribution < 1.29 is 13.9 Å². The van der Waals surface area contributed by atoms with Crippen molar-refractivity contribution >= 4 is 46.2 Å². The van der Waals surface area contributed by atoms with Crippen molar-refractivity contribution in [3.8, 4) is 5.75 Å². The van der Waals surface area contributed by atoms with E-state index in [2.05, 4.69) is 10.6 Å². The molecule has 5 rings (SSSR count). The number of thiocarbonyl (C=S) groups is 1. The molecule has 2 aliphatic heterocycles. The average Bonchev–Trinajstić information content (AvgIpc) is 2.77. The first-order valence-electron chi connectivity index (χ1n) is 10.9. The minimum absolute atomic E-state index is 0.229. The Morgan fingerprint density at radius 1 is 1.15 bits per heavy atom. The van der Waals surface area contributed by atoms with Gasteiger partial charge in [0, 0.05) is 22.0 Å². The molecule has 2 aliphatic rings. The molecule has 3 aromatic carbocycles. The van der Waals surface area contributed by atoms with Crippen molar-refractivity contribution in [1.82, 2.24) is 5.32 Å². The van der Waals surface area contributed by atoms with Gasteiger partial charge in [-0.1, -0.05) is 29.3 Å². The summed E-state index contributed by atoms with van der Waals surface area (Å²) in [6.45, 7) is 5.79. The molecule has 2 N–H and O–H groups in total. The van der Waals surface area contributed by atoms with Crippen LogP contribution in [0.25, 0.3) is 0 Å². The third-order valence-electron chi connectivity index (χ3n) is 6.47. The van der Waals surface area contributed by atoms with Gasteiger partial charge in [-0.2, -0.15) is 0 Å². The number of anilines is 2. The summed E-state index contributed by atoms with van der Waals surface area (Å²) in [5, 5.41) is 7.32. The van der Waals surface area contributed by atoms with E-state index in [1.807, 2.05) is 39.0 Å². The number of fused-ring (bicyclic) bond motifs is 4. The zero-order valence-corrected chi connectivity index (χ0v) is 20.4. The highest BCUT2D eigenvalue weighted by Crippen LogP contribution is 2.50. The summed E-state index contributed by atoms with van der Waals surface area (Å²) < 4.78 is 20.2. The van der Waals surface area contributed by atoms with Gasteiger partial charge in [0.1, 0.15) is 17.5 Å². The number of carbonyl (C=O) groups excluding carboxylic acids is 1. The smallest absolute Gasteiger partial charge is 0.236 e. The lowest BCUT2D eigenvalue weighted by Gasteiger charge is -2.56. The monoisotopic (exact) mass is 495 g/mol. The molecule has 0 spiro atoms. The highest BCUT2D eigenvalue weighted by atomic mass is 35.5. The molecule has 2 bridgehead atoms. The number of halogens is 2. The van der Waals surface area contributed by atoms with Gasteiger partial charge in [0.2, 0.25) is 5.91 Å². The van der Waals surface area contributed by atoms with Crippen LogP contribution in [0.5, 0.6) is 5.75 Å². The molecule has 34 heavy (non-hydrogen) atoms. The molecule has 5 nitrogen and oxygen atoms in total. The van der Waals surface area contributed by atoms with E-state index >= 15 is 0 Å². The van der Waals surface area contributed by atoms with Crippen LogP contribution in [-0.2, 0) is 4.79 Å². The molecule has 1 saturated heterocycles. The minimum Gasteiger partial charge on any atom is -0.467 e. The van der Waals surface area contributed by atoms with Crippen molar-refractivity contribution in [3.05, 3.63) is 88.2 Å². The van der Waals surface area contributed by atoms with Crippen LogP contribution in [0.4, 0.5) is 15.8 Å². The Morgan fingerprint density at radius 2 is 1.88 bits per heavy atom. The number of hydrogen-bond donors (Lipinski definition) is 2. The maximum absolute atomic E-state index is 13.9. The van der Waals surface area contributed by atoms with Gasteiger partial charge < -0.3 is 15.4 Å². The average molecular weight is 496 g/mol. The second-order valence-corrected chi connectivity index (χ2v) is 9.69. The van der Waals surface area contributed by atoms with E-state index < -0.39 is 17.7 Å². The quantitative estimate of drug-likeness (QED) is 0.443. The van der Waals surface area contributed by atoms with Gasteiger partial charge in [0.25, 0.3) is 0 Å². The highest BCUT2D eigenvalue weighted by molar-refractivity contribution is 7.80. The highest BCUT2D eigenvalue weighted by Gasteiger charge is 2.59. The van der Waals surface area contributed by atoms with Crippen LogP contribution < -0.4 is 20.3 Å². The van der Waals surface area contributed by atoms with E-state index in [4.69, 9.17) is 28.6 Å². The Balaban J connectivity index is 1.63.